The molecule has 0 aliphatic rings. The highest BCUT2D eigenvalue weighted by Crippen LogP contribution is 2.25. The summed E-state index contributed by atoms with van der Waals surface area (Å²) in [7, 11) is 0. The Morgan fingerprint density at radius 2 is 1.96 bits per heavy atom. The molecule has 2 N–H and O–H groups in total. The molecule has 0 bridgehead atoms. The third-order valence-corrected chi connectivity index (χ3v) is 5.26. The number of thioether (sulfide) groups is 1. The first-order chi connectivity index (χ1) is 12.7. The summed E-state index contributed by atoms with van der Waals surface area (Å²) in [6.07, 6.45) is 0.822. The number of aromatic nitrogens is 4. The zero-order chi connectivity index (χ0) is 17.9. The molecule has 2 aromatic heterocycles. The Bertz CT molecular complexity index is 1040. The summed E-state index contributed by atoms with van der Waals surface area (Å²) in [5.74, 6) is 0.692. The minimum absolute atomic E-state index is 0.00602. The number of nitrogens with zero attached hydrogens (tertiary/aromatic N) is 3. The maximum absolute atomic E-state index is 12.4. The number of hydrogen-bond donors (Lipinski definition) is 2. The molecule has 26 heavy (non-hydrogen) atoms. The van der Waals surface area contributed by atoms with Crippen molar-refractivity contribution in [2.75, 3.05) is 6.54 Å². The molecule has 0 aliphatic carbocycles. The molecule has 1 atom stereocenters. The molecular formula is C19H19N5OS. The summed E-state index contributed by atoms with van der Waals surface area (Å²) in [5.41, 5.74) is 3.10. The van der Waals surface area contributed by atoms with Crippen molar-refractivity contribution in [3.05, 3.63) is 60.2 Å². The topological polar surface area (TPSA) is 75.1 Å². The molecule has 132 valence electrons. The van der Waals surface area contributed by atoms with Crippen LogP contribution in [0.1, 0.15) is 12.5 Å². The van der Waals surface area contributed by atoms with Crippen molar-refractivity contribution >= 4 is 34.5 Å². The predicted octanol–water partition coefficient (Wildman–Crippen LogP) is 3.05. The van der Waals surface area contributed by atoms with Gasteiger partial charge in [0.25, 0.3) is 0 Å². The average molecular weight is 365 g/mol. The second-order valence-corrected chi connectivity index (χ2v) is 7.36. The highest BCUT2D eigenvalue weighted by Gasteiger charge is 2.19. The number of nitrogens with one attached hydrogen (secondary N) is 2. The van der Waals surface area contributed by atoms with E-state index in [2.05, 4.69) is 32.6 Å². The van der Waals surface area contributed by atoms with Gasteiger partial charge in [-0.1, -0.05) is 54.2 Å². The van der Waals surface area contributed by atoms with E-state index in [1.807, 2.05) is 53.8 Å². The molecule has 7 heteroatoms. The fraction of sp³-hybridized carbons (Fsp3) is 0.211. The third kappa shape index (κ3) is 3.30. The molecule has 4 aromatic rings. The zero-order valence-electron chi connectivity index (χ0n) is 14.3. The van der Waals surface area contributed by atoms with Crippen molar-refractivity contribution < 1.29 is 4.79 Å². The third-order valence-electron chi connectivity index (χ3n) is 4.21. The van der Waals surface area contributed by atoms with Crippen LogP contribution in [0, 0.1) is 0 Å². The number of rotatable bonds is 6. The van der Waals surface area contributed by atoms with E-state index in [0.29, 0.717) is 12.3 Å². The van der Waals surface area contributed by atoms with Gasteiger partial charge in [0.1, 0.15) is 0 Å². The first-order valence-electron chi connectivity index (χ1n) is 8.52. The molecule has 0 radical (unpaired) electrons. The molecule has 0 spiro atoms. The number of carbonyl (C=O) groups is 1. The van der Waals surface area contributed by atoms with E-state index in [-0.39, 0.29) is 11.2 Å². The fourth-order valence-corrected chi connectivity index (χ4v) is 3.75. The number of para-hydroxylation sites is 2. The highest BCUT2D eigenvalue weighted by molar-refractivity contribution is 8.00. The number of imidazole rings is 1. The smallest absolute Gasteiger partial charge is 0.233 e. The van der Waals surface area contributed by atoms with Gasteiger partial charge in [0.15, 0.2) is 5.16 Å². The molecule has 6 nitrogen and oxygen atoms in total. The number of carbonyl (C=O) groups excluding carboxylic acids is 1. The number of amides is 1. The van der Waals surface area contributed by atoms with E-state index in [4.69, 9.17) is 0 Å². The van der Waals surface area contributed by atoms with Crippen LogP contribution in [-0.4, -0.2) is 37.3 Å². The standard InChI is InChI=1S/C19H19N5OS/c1-13(17(25)20-12-11-14-7-3-2-4-8-14)26-19-23-22-18-21-15-9-5-6-10-16(15)24(18)19/h2-10,13H,11-12H2,1H3,(H,20,25)(H,21,22)/t13-/m0/s1. The van der Waals surface area contributed by atoms with Gasteiger partial charge in [-0.2, -0.15) is 0 Å². The maximum atomic E-state index is 12.4. The van der Waals surface area contributed by atoms with Gasteiger partial charge in [-0.25, -0.2) is 10.1 Å². The van der Waals surface area contributed by atoms with Gasteiger partial charge < -0.3 is 5.32 Å². The van der Waals surface area contributed by atoms with Crippen molar-refractivity contribution in [2.45, 2.75) is 23.8 Å². The molecule has 0 saturated carbocycles. The van der Waals surface area contributed by atoms with Crippen LogP contribution in [0.25, 0.3) is 16.8 Å². The van der Waals surface area contributed by atoms with Gasteiger partial charge in [-0.15, -0.1) is 5.10 Å². The number of fused-ring (bicyclic) bond motifs is 3. The van der Waals surface area contributed by atoms with E-state index < -0.39 is 0 Å². The Hall–Kier alpha value is -2.80. The number of H-pyrrole nitrogens is 1. The summed E-state index contributed by atoms with van der Waals surface area (Å²) < 4.78 is 1.95. The molecule has 2 aromatic carbocycles. The Morgan fingerprint density at radius 1 is 1.19 bits per heavy atom. The minimum atomic E-state index is -0.251. The van der Waals surface area contributed by atoms with E-state index in [1.54, 1.807) is 0 Å². The lowest BCUT2D eigenvalue weighted by Gasteiger charge is -2.11. The fourth-order valence-electron chi connectivity index (χ4n) is 2.85. The highest BCUT2D eigenvalue weighted by atomic mass is 32.2. The Balaban J connectivity index is 1.42. The molecule has 0 fully saturated rings. The van der Waals surface area contributed by atoms with Crippen LogP contribution in [0.3, 0.4) is 0 Å². The van der Waals surface area contributed by atoms with Crippen LogP contribution in [0.2, 0.25) is 0 Å². The quantitative estimate of drug-likeness (QED) is 0.515. The maximum Gasteiger partial charge on any atom is 0.233 e. The van der Waals surface area contributed by atoms with E-state index in [9.17, 15) is 4.79 Å². The Kier molecular flexibility index (Phi) is 4.62. The second-order valence-electron chi connectivity index (χ2n) is 6.05. The number of hydrogen-bond acceptors (Lipinski definition) is 4. The summed E-state index contributed by atoms with van der Waals surface area (Å²) in [6, 6.07) is 18.0. The molecule has 2 heterocycles. The summed E-state index contributed by atoms with van der Waals surface area (Å²) in [5, 5.41) is 10.7. The monoisotopic (exact) mass is 365 g/mol. The zero-order valence-corrected chi connectivity index (χ0v) is 15.2. The first kappa shape index (κ1) is 16.7. The van der Waals surface area contributed by atoms with Crippen LogP contribution in [-0.2, 0) is 11.2 Å². The van der Waals surface area contributed by atoms with Crippen molar-refractivity contribution in [1.29, 1.82) is 0 Å². The molecular weight excluding hydrogens is 346 g/mol. The summed E-state index contributed by atoms with van der Waals surface area (Å²) >= 11 is 1.42. The SMILES string of the molecule is C[C@H](Sc1n[nH]c2nc3ccccc3n12)C(=O)NCCc1ccccc1. The van der Waals surface area contributed by atoms with Crippen LogP contribution < -0.4 is 5.32 Å². The van der Waals surface area contributed by atoms with Gasteiger partial charge >= 0.3 is 0 Å². The van der Waals surface area contributed by atoms with Crippen molar-refractivity contribution in [2.24, 2.45) is 0 Å². The summed E-state index contributed by atoms with van der Waals surface area (Å²) in [4.78, 5) is 16.9. The molecule has 4 rings (SSSR count). The lowest BCUT2D eigenvalue weighted by atomic mass is 10.1. The van der Waals surface area contributed by atoms with Crippen LogP contribution in [0.4, 0.5) is 0 Å². The largest absolute Gasteiger partial charge is 0.355 e. The molecule has 1 amide bonds. The Morgan fingerprint density at radius 3 is 2.81 bits per heavy atom. The van der Waals surface area contributed by atoms with Gasteiger partial charge in [0, 0.05) is 6.54 Å². The molecule has 0 unspecified atom stereocenters. The van der Waals surface area contributed by atoms with Gasteiger partial charge in [-0.05, 0) is 31.0 Å². The van der Waals surface area contributed by atoms with Crippen LogP contribution in [0.15, 0.2) is 59.8 Å². The normalized spacial score (nSPS) is 12.5. The minimum Gasteiger partial charge on any atom is -0.355 e. The lowest BCUT2D eigenvalue weighted by molar-refractivity contribution is -0.120. The van der Waals surface area contributed by atoms with Crippen LogP contribution in [0.5, 0.6) is 0 Å². The van der Waals surface area contributed by atoms with Gasteiger partial charge in [0.05, 0.1) is 16.3 Å². The van der Waals surface area contributed by atoms with Crippen LogP contribution >= 0.6 is 11.8 Å². The molecule has 0 saturated heterocycles. The second kappa shape index (κ2) is 7.21. The number of benzene rings is 2. The van der Waals surface area contributed by atoms with E-state index in [1.165, 1.54) is 17.3 Å². The van der Waals surface area contributed by atoms with E-state index in [0.717, 1.165) is 22.6 Å². The molecule has 0 aliphatic heterocycles. The van der Waals surface area contributed by atoms with Crippen molar-refractivity contribution in [3.63, 3.8) is 0 Å². The lowest BCUT2D eigenvalue weighted by Crippen LogP contribution is -2.32. The van der Waals surface area contributed by atoms with E-state index >= 15 is 0 Å². The first-order valence-corrected chi connectivity index (χ1v) is 9.40. The van der Waals surface area contributed by atoms with Crippen molar-refractivity contribution in [3.8, 4) is 0 Å². The number of aromatic amines is 1. The van der Waals surface area contributed by atoms with Gasteiger partial charge in [0.2, 0.25) is 11.7 Å². The van der Waals surface area contributed by atoms with Crippen molar-refractivity contribution in [1.82, 2.24) is 24.9 Å². The predicted molar refractivity (Wildman–Crippen MR) is 103 cm³/mol. The summed E-state index contributed by atoms with van der Waals surface area (Å²) in [6.45, 7) is 2.51. The van der Waals surface area contributed by atoms with Gasteiger partial charge in [-0.3, -0.25) is 9.20 Å². The Labute approximate surface area is 155 Å². The average Bonchev–Trinajstić information content (AvgIpc) is 3.22.